The first-order chi connectivity index (χ1) is 16.4. The summed E-state index contributed by atoms with van der Waals surface area (Å²) in [6.45, 7) is 2.58. The summed E-state index contributed by atoms with van der Waals surface area (Å²) in [5.41, 5.74) is 3.78. The number of rotatable bonds is 6. The molecule has 0 aliphatic carbocycles. The molecule has 0 saturated carbocycles. The van der Waals surface area contributed by atoms with Gasteiger partial charge in [-0.15, -0.1) is 11.8 Å². The predicted octanol–water partition coefficient (Wildman–Crippen LogP) is 6.89. The summed E-state index contributed by atoms with van der Waals surface area (Å²) in [6.07, 6.45) is 2.98. The van der Waals surface area contributed by atoms with Gasteiger partial charge in [0, 0.05) is 16.7 Å². The Labute approximate surface area is 202 Å². The minimum atomic E-state index is -0.341. The molecule has 0 radical (unpaired) electrons. The summed E-state index contributed by atoms with van der Waals surface area (Å²) in [7, 11) is 0. The van der Waals surface area contributed by atoms with Crippen molar-refractivity contribution in [1.29, 1.82) is 0 Å². The molecule has 0 N–H and O–H groups in total. The van der Waals surface area contributed by atoms with Crippen LogP contribution in [0.5, 0.6) is 0 Å². The number of hydrogen-bond donors (Lipinski definition) is 0. The Morgan fingerprint density at radius 1 is 0.882 bits per heavy atom. The van der Waals surface area contributed by atoms with Crippen LogP contribution in [-0.4, -0.2) is 30.3 Å². The van der Waals surface area contributed by atoms with E-state index in [-0.39, 0.29) is 33.2 Å². The third-order valence-electron chi connectivity index (χ3n) is 7.01. The van der Waals surface area contributed by atoms with Crippen LogP contribution in [0.15, 0.2) is 66.7 Å². The first kappa shape index (κ1) is 23.2. The highest BCUT2D eigenvalue weighted by atomic mass is 32.2. The van der Waals surface area contributed by atoms with Crippen LogP contribution in [0.1, 0.15) is 58.0 Å². The molecule has 2 heterocycles. The van der Waals surface area contributed by atoms with E-state index in [1.54, 1.807) is 6.07 Å². The number of ketones is 1. The van der Waals surface area contributed by atoms with Gasteiger partial charge in [-0.3, -0.25) is 4.79 Å². The third kappa shape index (κ3) is 4.66. The van der Waals surface area contributed by atoms with Gasteiger partial charge in [0.1, 0.15) is 17.5 Å². The molecule has 3 aromatic carbocycles. The number of likely N-dealkylation sites (tertiary alicyclic amines) is 1. The fourth-order valence-corrected chi connectivity index (χ4v) is 6.96. The second-order valence-electron chi connectivity index (χ2n) is 9.15. The van der Waals surface area contributed by atoms with Gasteiger partial charge in [0.25, 0.3) is 0 Å². The number of Topliss-reactive ketones (excluding diaryl/α,β-unsaturated/α-hetero) is 1. The van der Waals surface area contributed by atoms with E-state index in [1.807, 2.05) is 30.0 Å². The molecule has 2 aliphatic rings. The lowest BCUT2D eigenvalue weighted by molar-refractivity contribution is 0.0971. The van der Waals surface area contributed by atoms with E-state index in [1.165, 1.54) is 42.5 Å². The molecular formula is C28H26F3NOS. The fraction of sp³-hybridized carbons (Fsp3) is 0.321. The Morgan fingerprint density at radius 2 is 1.50 bits per heavy atom. The summed E-state index contributed by atoms with van der Waals surface area (Å²) in [4.78, 5) is 14.7. The Hall–Kier alpha value is -2.57. The van der Waals surface area contributed by atoms with E-state index in [0.29, 0.717) is 12.0 Å². The van der Waals surface area contributed by atoms with E-state index < -0.39 is 0 Å². The molecule has 6 heteroatoms. The molecule has 2 aliphatic heterocycles. The zero-order valence-electron chi connectivity index (χ0n) is 18.8. The second-order valence-corrected chi connectivity index (χ2v) is 10.6. The van der Waals surface area contributed by atoms with Crippen LogP contribution in [0.2, 0.25) is 0 Å². The van der Waals surface area contributed by atoms with Gasteiger partial charge in [-0.2, -0.15) is 0 Å². The standard InChI is InChI=1S/C28H26F3NOS/c29-21-7-3-19(4-8-21)26(33)2-1-15-32-16-13-28(14-17-32)25-18-23(31)11-12-24(25)27(34-28)20-5-9-22(30)10-6-20/h3-12,18,27H,1-2,13-17H2. The van der Waals surface area contributed by atoms with Crippen molar-refractivity contribution in [2.75, 3.05) is 19.6 Å². The average Bonchev–Trinajstić information content (AvgIpc) is 3.14. The first-order valence-corrected chi connectivity index (χ1v) is 12.6. The fourth-order valence-electron chi connectivity index (χ4n) is 5.16. The zero-order valence-corrected chi connectivity index (χ0v) is 19.6. The highest BCUT2D eigenvalue weighted by Crippen LogP contribution is 2.61. The monoisotopic (exact) mass is 481 g/mol. The third-order valence-corrected chi connectivity index (χ3v) is 8.85. The summed E-state index contributed by atoms with van der Waals surface area (Å²) >= 11 is 1.86. The number of piperidine rings is 1. The van der Waals surface area contributed by atoms with Crippen LogP contribution in [0.4, 0.5) is 13.2 Å². The normalized spacial score (nSPS) is 19.3. The molecule has 2 nitrogen and oxygen atoms in total. The van der Waals surface area contributed by atoms with Gasteiger partial charge in [-0.05, 0) is 104 Å². The van der Waals surface area contributed by atoms with Crippen molar-refractivity contribution < 1.29 is 18.0 Å². The molecule has 1 atom stereocenters. The number of thioether (sulfide) groups is 1. The molecular weight excluding hydrogens is 455 g/mol. The molecule has 3 aromatic rings. The molecule has 0 bridgehead atoms. The summed E-state index contributed by atoms with van der Waals surface area (Å²) < 4.78 is 40.6. The number of halogens is 3. The highest BCUT2D eigenvalue weighted by molar-refractivity contribution is 8.01. The van der Waals surface area contributed by atoms with Gasteiger partial charge in [0.2, 0.25) is 0 Å². The van der Waals surface area contributed by atoms with Crippen molar-refractivity contribution in [3.8, 4) is 0 Å². The van der Waals surface area contributed by atoms with Crippen molar-refractivity contribution in [3.63, 3.8) is 0 Å². The maximum atomic E-state index is 14.2. The average molecular weight is 482 g/mol. The molecule has 1 spiro atoms. The SMILES string of the molecule is O=C(CCCN1CCC2(CC1)SC(c1ccc(F)cc1)c1ccc(F)cc12)c1ccc(F)cc1. The highest BCUT2D eigenvalue weighted by Gasteiger charge is 2.46. The van der Waals surface area contributed by atoms with Crippen molar-refractivity contribution in [1.82, 2.24) is 4.90 Å². The molecule has 1 fully saturated rings. The van der Waals surface area contributed by atoms with Crippen molar-refractivity contribution >= 4 is 17.5 Å². The van der Waals surface area contributed by atoms with Crippen LogP contribution in [0.25, 0.3) is 0 Å². The first-order valence-electron chi connectivity index (χ1n) is 11.7. The lowest BCUT2D eigenvalue weighted by Crippen LogP contribution is -2.40. The Balaban J connectivity index is 1.23. The molecule has 176 valence electrons. The maximum Gasteiger partial charge on any atom is 0.162 e. The number of carbonyl (C=O) groups excluding carboxylic acids is 1. The number of hydrogen-bond acceptors (Lipinski definition) is 3. The molecule has 1 unspecified atom stereocenters. The molecule has 0 amide bonds. The van der Waals surface area contributed by atoms with Gasteiger partial charge in [0.05, 0.1) is 5.25 Å². The van der Waals surface area contributed by atoms with Crippen molar-refractivity contribution in [2.45, 2.75) is 35.7 Å². The quantitative estimate of drug-likeness (QED) is 0.358. The topological polar surface area (TPSA) is 20.3 Å². The largest absolute Gasteiger partial charge is 0.303 e. The Morgan fingerprint density at radius 3 is 2.18 bits per heavy atom. The van der Waals surface area contributed by atoms with E-state index >= 15 is 0 Å². The van der Waals surface area contributed by atoms with Gasteiger partial charge in [-0.1, -0.05) is 18.2 Å². The molecule has 1 saturated heterocycles. The summed E-state index contributed by atoms with van der Waals surface area (Å²) in [5, 5.41) is 0.0658. The van der Waals surface area contributed by atoms with Crippen molar-refractivity contribution in [3.05, 3.63) is 106 Å². The van der Waals surface area contributed by atoms with E-state index in [4.69, 9.17) is 0 Å². The second kappa shape index (κ2) is 9.59. The number of carbonyl (C=O) groups is 1. The molecule has 0 aromatic heterocycles. The predicted molar refractivity (Wildman–Crippen MR) is 130 cm³/mol. The van der Waals surface area contributed by atoms with Gasteiger partial charge >= 0.3 is 0 Å². The zero-order chi connectivity index (χ0) is 23.7. The van der Waals surface area contributed by atoms with Crippen LogP contribution in [0, 0.1) is 17.5 Å². The van der Waals surface area contributed by atoms with Gasteiger partial charge < -0.3 is 4.90 Å². The van der Waals surface area contributed by atoms with Crippen LogP contribution >= 0.6 is 11.8 Å². The number of nitrogens with zero attached hydrogens (tertiary/aromatic N) is 1. The van der Waals surface area contributed by atoms with E-state index in [0.717, 1.165) is 55.6 Å². The lowest BCUT2D eigenvalue weighted by Gasteiger charge is -2.39. The summed E-state index contributed by atoms with van der Waals surface area (Å²) in [6, 6.07) is 17.4. The number of benzene rings is 3. The minimum Gasteiger partial charge on any atom is -0.303 e. The van der Waals surface area contributed by atoms with E-state index in [9.17, 15) is 18.0 Å². The number of fused-ring (bicyclic) bond motifs is 2. The molecule has 5 rings (SSSR count). The smallest absolute Gasteiger partial charge is 0.162 e. The Kier molecular flexibility index (Phi) is 6.54. The van der Waals surface area contributed by atoms with E-state index in [2.05, 4.69) is 4.90 Å². The minimum absolute atomic E-state index is 0.0337. The summed E-state index contributed by atoms with van der Waals surface area (Å²) in [5.74, 6) is -0.787. The van der Waals surface area contributed by atoms with Gasteiger partial charge in [0.15, 0.2) is 5.78 Å². The van der Waals surface area contributed by atoms with Gasteiger partial charge in [-0.25, -0.2) is 13.2 Å². The molecule has 34 heavy (non-hydrogen) atoms. The van der Waals surface area contributed by atoms with Crippen LogP contribution in [0.3, 0.4) is 0 Å². The van der Waals surface area contributed by atoms with Crippen molar-refractivity contribution in [2.24, 2.45) is 0 Å². The maximum absolute atomic E-state index is 14.2. The Bertz CT molecular complexity index is 1170. The lowest BCUT2D eigenvalue weighted by atomic mass is 9.84. The van der Waals surface area contributed by atoms with Crippen LogP contribution < -0.4 is 0 Å². The van der Waals surface area contributed by atoms with Crippen LogP contribution in [-0.2, 0) is 4.75 Å².